The highest BCUT2D eigenvalue weighted by Gasteiger charge is 2.06. The summed E-state index contributed by atoms with van der Waals surface area (Å²) in [5.41, 5.74) is 1.38. The third kappa shape index (κ3) is 5.82. The summed E-state index contributed by atoms with van der Waals surface area (Å²) in [6.07, 6.45) is 2.07. The van der Waals surface area contributed by atoms with Crippen LogP contribution in [0.3, 0.4) is 0 Å². The highest BCUT2D eigenvalue weighted by atomic mass is 16.3. The van der Waals surface area contributed by atoms with E-state index in [-0.39, 0.29) is 12.6 Å². The van der Waals surface area contributed by atoms with Crippen molar-refractivity contribution < 1.29 is 5.11 Å². The van der Waals surface area contributed by atoms with Crippen LogP contribution in [0.25, 0.3) is 0 Å². The van der Waals surface area contributed by atoms with Gasteiger partial charge in [-0.3, -0.25) is 0 Å². The summed E-state index contributed by atoms with van der Waals surface area (Å²) in [6.45, 7) is 2.29. The monoisotopic (exact) mass is 236 g/mol. The molecule has 0 aliphatic rings. The third-order valence-corrected chi connectivity index (χ3v) is 3.11. The van der Waals surface area contributed by atoms with Crippen molar-refractivity contribution >= 4 is 0 Å². The van der Waals surface area contributed by atoms with Gasteiger partial charge in [0.25, 0.3) is 0 Å². The van der Waals surface area contributed by atoms with E-state index in [0.29, 0.717) is 0 Å². The lowest BCUT2D eigenvalue weighted by atomic mass is 10.1. The van der Waals surface area contributed by atoms with Gasteiger partial charge in [0.1, 0.15) is 0 Å². The lowest BCUT2D eigenvalue weighted by molar-refractivity contribution is 0.224. The molecule has 3 heteroatoms. The van der Waals surface area contributed by atoms with Crippen LogP contribution in [-0.4, -0.2) is 49.8 Å². The van der Waals surface area contributed by atoms with Crippen molar-refractivity contribution in [3.8, 4) is 0 Å². The first-order valence-electron chi connectivity index (χ1n) is 6.27. The fourth-order valence-electron chi connectivity index (χ4n) is 1.78. The van der Waals surface area contributed by atoms with Crippen LogP contribution < -0.4 is 5.32 Å². The van der Waals surface area contributed by atoms with Crippen molar-refractivity contribution in [1.82, 2.24) is 10.2 Å². The Hall–Kier alpha value is -0.900. The fraction of sp³-hybridized carbons (Fsp3) is 0.571. The summed E-state index contributed by atoms with van der Waals surface area (Å²) in [6, 6.07) is 10.8. The molecule has 0 aliphatic heterocycles. The predicted octanol–water partition coefficient (Wildman–Crippen LogP) is 1.13. The number of nitrogens with one attached hydrogen (secondary N) is 1. The van der Waals surface area contributed by atoms with Gasteiger partial charge >= 0.3 is 0 Å². The number of rotatable bonds is 8. The van der Waals surface area contributed by atoms with Gasteiger partial charge in [-0.05, 0) is 39.0 Å². The largest absolute Gasteiger partial charge is 0.395 e. The van der Waals surface area contributed by atoms with Crippen molar-refractivity contribution in [2.45, 2.75) is 18.9 Å². The molecule has 1 aromatic carbocycles. The van der Waals surface area contributed by atoms with Crippen LogP contribution in [0.4, 0.5) is 0 Å². The molecule has 0 fully saturated rings. The standard InChI is InChI=1S/C14H24N2O/c1-15-14(12-17)9-11-16(2)10-8-13-6-4-3-5-7-13/h3-7,14-15,17H,8-12H2,1-2H3. The van der Waals surface area contributed by atoms with E-state index < -0.39 is 0 Å². The maximum Gasteiger partial charge on any atom is 0.0585 e. The molecule has 1 aromatic rings. The van der Waals surface area contributed by atoms with Gasteiger partial charge < -0.3 is 15.3 Å². The maximum atomic E-state index is 9.07. The molecule has 0 saturated heterocycles. The van der Waals surface area contributed by atoms with Crippen LogP contribution in [0.1, 0.15) is 12.0 Å². The van der Waals surface area contributed by atoms with Crippen molar-refractivity contribution in [3.63, 3.8) is 0 Å². The second-order valence-corrected chi connectivity index (χ2v) is 4.50. The normalized spacial score (nSPS) is 12.9. The van der Waals surface area contributed by atoms with Gasteiger partial charge in [0.05, 0.1) is 6.61 Å². The average Bonchev–Trinajstić information content (AvgIpc) is 2.39. The quantitative estimate of drug-likeness (QED) is 0.710. The molecule has 1 atom stereocenters. The van der Waals surface area contributed by atoms with Crippen LogP contribution in [0.5, 0.6) is 0 Å². The van der Waals surface area contributed by atoms with Crippen LogP contribution in [0.2, 0.25) is 0 Å². The zero-order chi connectivity index (χ0) is 12.5. The number of benzene rings is 1. The van der Waals surface area contributed by atoms with E-state index in [9.17, 15) is 0 Å². The third-order valence-electron chi connectivity index (χ3n) is 3.11. The van der Waals surface area contributed by atoms with E-state index in [4.69, 9.17) is 5.11 Å². The Morgan fingerprint density at radius 1 is 1.24 bits per heavy atom. The zero-order valence-corrected chi connectivity index (χ0v) is 10.9. The molecule has 0 aromatic heterocycles. The molecule has 96 valence electrons. The molecule has 0 radical (unpaired) electrons. The van der Waals surface area contributed by atoms with E-state index in [2.05, 4.69) is 41.5 Å². The SMILES string of the molecule is CNC(CO)CCN(C)CCc1ccccc1. The van der Waals surface area contributed by atoms with Gasteiger partial charge in [-0.2, -0.15) is 0 Å². The zero-order valence-electron chi connectivity index (χ0n) is 10.9. The van der Waals surface area contributed by atoms with Gasteiger partial charge in [0, 0.05) is 12.6 Å². The highest BCUT2D eigenvalue weighted by molar-refractivity contribution is 5.14. The summed E-state index contributed by atoms with van der Waals surface area (Å²) in [4.78, 5) is 2.31. The van der Waals surface area contributed by atoms with Crippen molar-refractivity contribution in [2.75, 3.05) is 33.8 Å². The summed E-state index contributed by atoms with van der Waals surface area (Å²) in [5.74, 6) is 0. The smallest absolute Gasteiger partial charge is 0.0585 e. The molecule has 1 unspecified atom stereocenters. The first-order chi connectivity index (χ1) is 8.26. The number of aliphatic hydroxyl groups excluding tert-OH is 1. The number of hydrogen-bond donors (Lipinski definition) is 2. The Bertz CT molecular complexity index is 286. The van der Waals surface area contributed by atoms with E-state index in [1.165, 1.54) is 5.56 Å². The number of nitrogens with zero attached hydrogens (tertiary/aromatic N) is 1. The van der Waals surface area contributed by atoms with Crippen molar-refractivity contribution in [3.05, 3.63) is 35.9 Å². The molecule has 0 heterocycles. The van der Waals surface area contributed by atoms with Gasteiger partial charge in [0.15, 0.2) is 0 Å². The van der Waals surface area contributed by atoms with E-state index >= 15 is 0 Å². The fourth-order valence-corrected chi connectivity index (χ4v) is 1.78. The topological polar surface area (TPSA) is 35.5 Å². The molecule has 1 rings (SSSR count). The molecule has 0 spiro atoms. The summed E-state index contributed by atoms with van der Waals surface area (Å²) >= 11 is 0. The predicted molar refractivity (Wildman–Crippen MR) is 72.2 cm³/mol. The van der Waals surface area contributed by atoms with Crippen molar-refractivity contribution in [2.24, 2.45) is 0 Å². The van der Waals surface area contributed by atoms with Crippen LogP contribution >= 0.6 is 0 Å². The van der Waals surface area contributed by atoms with E-state index in [1.807, 2.05) is 13.1 Å². The van der Waals surface area contributed by atoms with Crippen LogP contribution in [0.15, 0.2) is 30.3 Å². The Morgan fingerprint density at radius 2 is 1.94 bits per heavy atom. The lowest BCUT2D eigenvalue weighted by Gasteiger charge is -2.20. The van der Waals surface area contributed by atoms with Crippen LogP contribution in [0, 0.1) is 0 Å². The number of hydrogen-bond acceptors (Lipinski definition) is 3. The van der Waals surface area contributed by atoms with Gasteiger partial charge in [-0.25, -0.2) is 0 Å². The maximum absolute atomic E-state index is 9.07. The second kappa shape index (κ2) is 8.23. The Balaban J connectivity index is 2.19. The molecule has 0 saturated carbocycles. The van der Waals surface area contributed by atoms with Crippen molar-refractivity contribution in [1.29, 1.82) is 0 Å². The van der Waals surface area contributed by atoms with E-state index in [1.54, 1.807) is 0 Å². The van der Waals surface area contributed by atoms with Gasteiger partial charge in [0.2, 0.25) is 0 Å². The summed E-state index contributed by atoms with van der Waals surface area (Å²) in [7, 11) is 4.03. The highest BCUT2D eigenvalue weighted by Crippen LogP contribution is 2.01. The molecule has 2 N–H and O–H groups in total. The molecule has 0 aliphatic carbocycles. The summed E-state index contributed by atoms with van der Waals surface area (Å²) in [5, 5.41) is 12.2. The molecular weight excluding hydrogens is 212 g/mol. The second-order valence-electron chi connectivity index (χ2n) is 4.50. The minimum Gasteiger partial charge on any atom is -0.395 e. The summed E-state index contributed by atoms with van der Waals surface area (Å²) < 4.78 is 0. The minimum absolute atomic E-state index is 0.211. The molecule has 3 nitrogen and oxygen atoms in total. The first kappa shape index (κ1) is 14.2. The minimum atomic E-state index is 0.211. The van der Waals surface area contributed by atoms with Gasteiger partial charge in [-0.15, -0.1) is 0 Å². The van der Waals surface area contributed by atoms with Gasteiger partial charge in [-0.1, -0.05) is 30.3 Å². The lowest BCUT2D eigenvalue weighted by Crippen LogP contribution is -2.34. The number of likely N-dealkylation sites (N-methyl/N-ethyl adjacent to an activating group) is 2. The Labute approximate surface area is 104 Å². The Morgan fingerprint density at radius 3 is 2.53 bits per heavy atom. The van der Waals surface area contributed by atoms with E-state index in [0.717, 1.165) is 25.9 Å². The Kier molecular flexibility index (Phi) is 6.86. The molecular formula is C14H24N2O. The molecule has 0 bridgehead atoms. The first-order valence-corrected chi connectivity index (χ1v) is 6.27. The molecule has 17 heavy (non-hydrogen) atoms. The van der Waals surface area contributed by atoms with Crippen LogP contribution in [-0.2, 0) is 6.42 Å². The molecule has 0 amide bonds. The number of aliphatic hydroxyl groups is 1. The average molecular weight is 236 g/mol.